The molecule has 2 saturated heterocycles. The average Bonchev–Trinajstić information content (AvgIpc) is 2.80. The van der Waals surface area contributed by atoms with Crippen LogP contribution in [0.25, 0.3) is 0 Å². The zero-order valence-electron chi connectivity index (χ0n) is 11.8. The van der Waals surface area contributed by atoms with Crippen LogP contribution in [0.5, 0.6) is 0 Å². The number of rotatable bonds is 3. The van der Waals surface area contributed by atoms with E-state index in [2.05, 4.69) is 6.58 Å². The normalized spacial score (nSPS) is 40.2. The summed E-state index contributed by atoms with van der Waals surface area (Å²) in [6, 6.07) is 0. The summed E-state index contributed by atoms with van der Waals surface area (Å²) in [5.41, 5.74) is 0.0218. The number of hydrogen-bond donors (Lipinski definition) is 0. The van der Waals surface area contributed by atoms with Crippen molar-refractivity contribution in [1.82, 2.24) is 0 Å². The Labute approximate surface area is 123 Å². The van der Waals surface area contributed by atoms with Gasteiger partial charge in [-0.3, -0.25) is 4.79 Å². The zero-order chi connectivity index (χ0) is 14.6. The molecule has 20 heavy (non-hydrogen) atoms. The summed E-state index contributed by atoms with van der Waals surface area (Å²) >= 11 is 6.39. The lowest BCUT2D eigenvalue weighted by Crippen LogP contribution is -2.51. The monoisotopic (exact) mass is 298 g/mol. The second-order valence-corrected chi connectivity index (χ2v) is 7.16. The summed E-state index contributed by atoms with van der Waals surface area (Å²) in [4.78, 5) is 11.7. The quantitative estimate of drug-likeness (QED) is 0.593. The molecule has 0 saturated carbocycles. The van der Waals surface area contributed by atoms with Gasteiger partial charge in [0.05, 0.1) is 17.4 Å². The smallest absolute Gasteiger partial charge is 0.211 e. The van der Waals surface area contributed by atoms with Crippen LogP contribution in [0.15, 0.2) is 24.3 Å². The van der Waals surface area contributed by atoms with E-state index >= 15 is 0 Å². The summed E-state index contributed by atoms with van der Waals surface area (Å²) in [5, 5.41) is 0. The van der Waals surface area contributed by atoms with Gasteiger partial charge in [-0.1, -0.05) is 6.08 Å². The SMILES string of the molecule is C=CCC1=C[C@@]23C[C@H](C(C)(C)Cl)O[C@]2(CC1=O)OCO3. The molecule has 0 bridgehead atoms. The Kier molecular flexibility index (Phi) is 3.14. The number of allylic oxidation sites excluding steroid dienone is 2. The Hall–Kier alpha value is -0.680. The predicted octanol–water partition coefficient (Wildman–Crippen LogP) is 2.71. The van der Waals surface area contributed by atoms with Gasteiger partial charge in [0.2, 0.25) is 5.79 Å². The van der Waals surface area contributed by atoms with Crippen molar-refractivity contribution < 1.29 is 19.0 Å². The molecule has 2 aliphatic heterocycles. The van der Waals surface area contributed by atoms with Crippen molar-refractivity contribution in [3.05, 3.63) is 24.3 Å². The molecule has 0 amide bonds. The van der Waals surface area contributed by atoms with Crippen molar-refractivity contribution >= 4 is 17.4 Å². The van der Waals surface area contributed by atoms with Crippen molar-refractivity contribution in [1.29, 1.82) is 0 Å². The van der Waals surface area contributed by atoms with Gasteiger partial charge in [0, 0.05) is 6.42 Å². The molecule has 5 heteroatoms. The highest BCUT2D eigenvalue weighted by atomic mass is 35.5. The molecular formula is C15H19ClO4. The molecule has 2 fully saturated rings. The molecule has 0 N–H and O–H groups in total. The van der Waals surface area contributed by atoms with Gasteiger partial charge in [0.15, 0.2) is 12.6 Å². The van der Waals surface area contributed by atoms with E-state index in [4.69, 9.17) is 25.8 Å². The molecule has 3 aliphatic rings. The van der Waals surface area contributed by atoms with E-state index in [-0.39, 0.29) is 25.1 Å². The second kappa shape index (κ2) is 4.41. The number of ketones is 1. The van der Waals surface area contributed by atoms with Gasteiger partial charge in [-0.25, -0.2) is 0 Å². The van der Waals surface area contributed by atoms with E-state index < -0.39 is 16.3 Å². The van der Waals surface area contributed by atoms with Gasteiger partial charge in [-0.2, -0.15) is 0 Å². The molecule has 110 valence electrons. The third-order valence-corrected chi connectivity index (χ3v) is 4.61. The minimum atomic E-state index is -1.01. The highest BCUT2D eigenvalue weighted by molar-refractivity contribution is 6.23. The molecule has 0 radical (unpaired) electrons. The van der Waals surface area contributed by atoms with Crippen molar-refractivity contribution in [2.45, 2.75) is 55.5 Å². The van der Waals surface area contributed by atoms with Gasteiger partial charge in [0.25, 0.3) is 0 Å². The highest BCUT2D eigenvalue weighted by Crippen LogP contribution is 2.55. The third-order valence-electron chi connectivity index (χ3n) is 4.36. The Morgan fingerprint density at radius 3 is 2.95 bits per heavy atom. The minimum absolute atomic E-state index is 0.0269. The fourth-order valence-corrected chi connectivity index (χ4v) is 3.33. The number of carbonyl (C=O) groups is 1. The Bertz CT molecular complexity index is 493. The van der Waals surface area contributed by atoms with E-state index in [1.165, 1.54) is 0 Å². The largest absolute Gasteiger partial charge is 0.341 e. The van der Waals surface area contributed by atoms with Gasteiger partial charge in [-0.15, -0.1) is 18.2 Å². The summed E-state index contributed by atoms with van der Waals surface area (Å²) < 4.78 is 17.6. The maximum absolute atomic E-state index is 12.3. The van der Waals surface area contributed by atoms with Crippen LogP contribution in [-0.4, -0.2) is 34.9 Å². The number of hydrogen-bond acceptors (Lipinski definition) is 4. The number of ether oxygens (including phenoxy) is 3. The maximum Gasteiger partial charge on any atom is 0.211 e. The highest BCUT2D eigenvalue weighted by Gasteiger charge is 2.68. The number of Topliss-reactive ketones (excluding diaryl/α,β-unsaturated/α-hetero) is 1. The molecule has 0 spiro atoms. The first-order chi connectivity index (χ1) is 9.32. The van der Waals surface area contributed by atoms with Gasteiger partial charge in [0.1, 0.15) is 5.60 Å². The topological polar surface area (TPSA) is 44.8 Å². The summed E-state index contributed by atoms with van der Waals surface area (Å²) in [6.45, 7) is 7.63. The Balaban J connectivity index is 2.01. The van der Waals surface area contributed by atoms with Gasteiger partial charge < -0.3 is 14.2 Å². The maximum atomic E-state index is 12.3. The molecule has 1 aliphatic carbocycles. The molecule has 3 atom stereocenters. The zero-order valence-corrected chi connectivity index (χ0v) is 12.5. The molecule has 3 rings (SSSR count). The molecular weight excluding hydrogens is 280 g/mol. The molecule has 4 nitrogen and oxygen atoms in total. The number of halogens is 1. The standard InChI is InChI=1S/C15H19ClO4/c1-4-5-10-6-14-8-12(13(2,3)16)20-15(14,7-11(10)17)19-9-18-14/h4,6,12H,1,5,7-9H2,2-3H3/t12-,14-,15+/m1/s1. The first-order valence-corrected chi connectivity index (χ1v) is 7.20. The summed E-state index contributed by atoms with van der Waals surface area (Å²) in [7, 11) is 0. The van der Waals surface area contributed by atoms with E-state index in [1.54, 1.807) is 6.08 Å². The van der Waals surface area contributed by atoms with E-state index in [0.29, 0.717) is 12.8 Å². The molecule has 0 aromatic carbocycles. The predicted molar refractivity (Wildman–Crippen MR) is 74.4 cm³/mol. The lowest BCUT2D eigenvalue weighted by molar-refractivity contribution is -0.220. The Morgan fingerprint density at radius 2 is 2.30 bits per heavy atom. The van der Waals surface area contributed by atoms with Crippen LogP contribution in [0, 0.1) is 0 Å². The van der Waals surface area contributed by atoms with Crippen LogP contribution < -0.4 is 0 Å². The van der Waals surface area contributed by atoms with Crippen molar-refractivity contribution in [3.63, 3.8) is 0 Å². The molecule has 0 aromatic heterocycles. The fraction of sp³-hybridized carbons (Fsp3) is 0.667. The summed E-state index contributed by atoms with van der Waals surface area (Å²) in [5.74, 6) is -0.981. The van der Waals surface area contributed by atoms with Crippen LogP contribution in [0.4, 0.5) is 0 Å². The first kappa shape index (κ1) is 14.3. The fourth-order valence-electron chi connectivity index (χ4n) is 3.21. The van der Waals surface area contributed by atoms with Crippen molar-refractivity contribution in [3.8, 4) is 0 Å². The van der Waals surface area contributed by atoms with Gasteiger partial charge >= 0.3 is 0 Å². The lowest BCUT2D eigenvalue weighted by atomic mass is 9.78. The molecule has 2 heterocycles. The Morgan fingerprint density at radius 1 is 1.55 bits per heavy atom. The van der Waals surface area contributed by atoms with E-state index in [1.807, 2.05) is 19.9 Å². The number of alkyl halides is 1. The molecule has 0 unspecified atom stereocenters. The lowest BCUT2D eigenvalue weighted by Gasteiger charge is -2.37. The number of carbonyl (C=O) groups excluding carboxylic acids is 1. The van der Waals surface area contributed by atoms with Crippen LogP contribution in [-0.2, 0) is 19.0 Å². The van der Waals surface area contributed by atoms with Crippen molar-refractivity contribution in [2.75, 3.05) is 6.79 Å². The van der Waals surface area contributed by atoms with Crippen molar-refractivity contribution in [2.24, 2.45) is 0 Å². The first-order valence-electron chi connectivity index (χ1n) is 6.82. The summed E-state index contributed by atoms with van der Waals surface area (Å²) in [6.07, 6.45) is 4.68. The van der Waals surface area contributed by atoms with Crippen LogP contribution in [0.2, 0.25) is 0 Å². The second-order valence-electron chi connectivity index (χ2n) is 6.19. The van der Waals surface area contributed by atoms with Crippen LogP contribution in [0.1, 0.15) is 33.1 Å². The van der Waals surface area contributed by atoms with E-state index in [0.717, 1.165) is 5.57 Å². The van der Waals surface area contributed by atoms with Crippen LogP contribution >= 0.6 is 11.6 Å². The molecule has 0 aromatic rings. The van der Waals surface area contributed by atoms with Gasteiger partial charge in [-0.05, 0) is 31.9 Å². The van der Waals surface area contributed by atoms with Crippen LogP contribution in [0.3, 0.4) is 0 Å². The van der Waals surface area contributed by atoms with E-state index in [9.17, 15) is 4.79 Å². The average molecular weight is 299 g/mol. The third kappa shape index (κ3) is 1.90. The minimum Gasteiger partial charge on any atom is -0.341 e.